The number of pyridine rings is 1. The van der Waals surface area contributed by atoms with Crippen LogP contribution < -0.4 is 10.9 Å². The molecule has 1 amide bonds. The minimum absolute atomic E-state index is 0.0474. The van der Waals surface area contributed by atoms with Crippen LogP contribution in [0.4, 0.5) is 0 Å². The van der Waals surface area contributed by atoms with E-state index in [4.69, 9.17) is 10.00 Å². The molecule has 0 aliphatic carbocycles. The van der Waals surface area contributed by atoms with E-state index in [1.165, 1.54) is 6.92 Å². The topological polar surface area (TPSA) is 112 Å². The molecule has 0 saturated heterocycles. The Morgan fingerprint density at radius 1 is 1.32 bits per heavy atom. The van der Waals surface area contributed by atoms with Crippen molar-refractivity contribution in [2.24, 2.45) is 0 Å². The van der Waals surface area contributed by atoms with Crippen LogP contribution in [0, 0.1) is 25.2 Å². The number of aryl methyl sites for hydroxylation is 1. The maximum Gasteiger partial charge on any atom is 0.306 e. The number of hydrogen-bond donors (Lipinski definition) is 2. The van der Waals surface area contributed by atoms with Crippen LogP contribution in [0.3, 0.4) is 0 Å². The van der Waals surface area contributed by atoms with E-state index in [0.29, 0.717) is 17.7 Å². The summed E-state index contributed by atoms with van der Waals surface area (Å²) in [5.74, 6) is -0.871. The Morgan fingerprint density at radius 2 is 1.92 bits per heavy atom. The van der Waals surface area contributed by atoms with E-state index >= 15 is 0 Å². The van der Waals surface area contributed by atoms with Gasteiger partial charge in [-0.1, -0.05) is 0 Å². The minimum Gasteiger partial charge on any atom is -0.453 e. The number of nitrogens with one attached hydrogen (secondary N) is 2. The Bertz CT molecular complexity index is 766. The van der Waals surface area contributed by atoms with Gasteiger partial charge in [0.15, 0.2) is 6.10 Å². The summed E-state index contributed by atoms with van der Waals surface area (Å²) in [7, 11) is 0. The lowest BCUT2D eigenvalue weighted by Crippen LogP contribution is -2.46. The molecule has 1 heterocycles. The van der Waals surface area contributed by atoms with Gasteiger partial charge < -0.3 is 15.0 Å². The first-order valence-corrected chi connectivity index (χ1v) is 8.10. The van der Waals surface area contributed by atoms with Crippen molar-refractivity contribution in [3.05, 3.63) is 32.7 Å². The number of carbonyl (C=O) groups is 2. The highest BCUT2D eigenvalue weighted by molar-refractivity contribution is 5.83. The molecule has 0 aromatic carbocycles. The third-order valence-electron chi connectivity index (χ3n) is 3.67. The van der Waals surface area contributed by atoms with Crippen molar-refractivity contribution in [1.29, 1.82) is 5.26 Å². The van der Waals surface area contributed by atoms with Crippen molar-refractivity contribution in [1.82, 2.24) is 10.3 Å². The fraction of sp³-hybridized carbons (Fsp3) is 0.556. The number of H-pyrrole nitrogens is 1. The summed E-state index contributed by atoms with van der Waals surface area (Å²) >= 11 is 0. The smallest absolute Gasteiger partial charge is 0.306 e. The van der Waals surface area contributed by atoms with Crippen LogP contribution in [-0.2, 0) is 20.7 Å². The van der Waals surface area contributed by atoms with E-state index in [0.717, 1.165) is 5.56 Å². The van der Waals surface area contributed by atoms with Gasteiger partial charge in [-0.25, -0.2) is 0 Å². The summed E-state index contributed by atoms with van der Waals surface area (Å²) in [5, 5.41) is 11.8. The zero-order valence-corrected chi connectivity index (χ0v) is 15.6. The third-order valence-corrected chi connectivity index (χ3v) is 3.67. The van der Waals surface area contributed by atoms with E-state index in [-0.39, 0.29) is 17.9 Å². The summed E-state index contributed by atoms with van der Waals surface area (Å²) in [6.07, 6.45) is -0.527. The van der Waals surface area contributed by atoms with E-state index < -0.39 is 23.2 Å². The van der Waals surface area contributed by atoms with Crippen LogP contribution >= 0.6 is 0 Å². The summed E-state index contributed by atoms with van der Waals surface area (Å²) in [4.78, 5) is 38.3. The number of aromatic amines is 1. The van der Waals surface area contributed by atoms with Gasteiger partial charge in [-0.15, -0.1) is 0 Å². The number of hydrogen-bond acceptors (Lipinski definition) is 5. The lowest BCUT2D eigenvalue weighted by molar-refractivity contribution is -0.155. The Labute approximate surface area is 147 Å². The molecule has 0 aliphatic rings. The molecule has 1 aromatic heterocycles. The van der Waals surface area contributed by atoms with Gasteiger partial charge in [-0.2, -0.15) is 5.26 Å². The molecule has 1 atom stereocenters. The Morgan fingerprint density at radius 3 is 2.44 bits per heavy atom. The van der Waals surface area contributed by atoms with Gasteiger partial charge >= 0.3 is 5.97 Å². The van der Waals surface area contributed by atoms with E-state index in [9.17, 15) is 14.4 Å². The second-order valence-corrected chi connectivity index (χ2v) is 7.04. The van der Waals surface area contributed by atoms with E-state index in [1.807, 2.05) is 26.8 Å². The highest BCUT2D eigenvalue weighted by Gasteiger charge is 2.22. The van der Waals surface area contributed by atoms with Crippen LogP contribution in [0.25, 0.3) is 0 Å². The number of esters is 1. The predicted molar refractivity (Wildman–Crippen MR) is 93.0 cm³/mol. The molecule has 0 bridgehead atoms. The fourth-order valence-electron chi connectivity index (χ4n) is 2.43. The molecular weight excluding hydrogens is 322 g/mol. The summed E-state index contributed by atoms with van der Waals surface area (Å²) in [6.45, 7) is 10.4. The molecule has 25 heavy (non-hydrogen) atoms. The van der Waals surface area contributed by atoms with Crippen LogP contribution in [0.15, 0.2) is 4.79 Å². The van der Waals surface area contributed by atoms with Crippen LogP contribution in [0.1, 0.15) is 56.5 Å². The fourth-order valence-corrected chi connectivity index (χ4v) is 2.43. The van der Waals surface area contributed by atoms with Crippen molar-refractivity contribution in [3.63, 3.8) is 0 Å². The average molecular weight is 347 g/mol. The summed E-state index contributed by atoms with van der Waals surface area (Å²) in [5.41, 5.74) is 1.13. The summed E-state index contributed by atoms with van der Waals surface area (Å²) in [6, 6.07) is 1.87. The number of ether oxygens (including phenoxy) is 1. The normalized spacial score (nSPS) is 12.2. The Balaban J connectivity index is 2.74. The molecule has 7 heteroatoms. The number of amides is 1. The first-order chi connectivity index (χ1) is 11.5. The van der Waals surface area contributed by atoms with Crippen LogP contribution in [-0.4, -0.2) is 28.5 Å². The van der Waals surface area contributed by atoms with Gasteiger partial charge in [0.2, 0.25) is 0 Å². The zero-order valence-electron chi connectivity index (χ0n) is 15.6. The molecule has 1 rings (SSSR count). The summed E-state index contributed by atoms with van der Waals surface area (Å²) < 4.78 is 5.15. The maximum absolute atomic E-state index is 12.0. The molecule has 0 aliphatic heterocycles. The second-order valence-electron chi connectivity index (χ2n) is 7.04. The zero-order chi connectivity index (χ0) is 19.4. The Hall–Kier alpha value is -2.62. The van der Waals surface area contributed by atoms with Gasteiger partial charge in [0, 0.05) is 17.7 Å². The molecule has 0 fully saturated rings. The first kappa shape index (κ1) is 20.4. The number of nitrogens with zero attached hydrogens (tertiary/aromatic N) is 1. The van der Waals surface area contributed by atoms with E-state index in [1.54, 1.807) is 13.8 Å². The standard InChI is InChI=1S/C18H25N3O4/c1-10-13(11(2)20-17(24)14(10)9-19)7-8-15(22)25-12(3)16(23)21-18(4,5)6/h12H,7-8H2,1-6H3,(H,20,24)(H,21,23)/t12-/m1/s1. The van der Waals surface area contributed by atoms with Gasteiger partial charge in [0.25, 0.3) is 11.5 Å². The maximum atomic E-state index is 12.0. The van der Waals surface area contributed by atoms with Crippen molar-refractivity contribution >= 4 is 11.9 Å². The van der Waals surface area contributed by atoms with Crippen molar-refractivity contribution in [2.45, 2.75) is 66.0 Å². The first-order valence-electron chi connectivity index (χ1n) is 8.10. The minimum atomic E-state index is -0.890. The average Bonchev–Trinajstić information content (AvgIpc) is 2.45. The lowest BCUT2D eigenvalue weighted by atomic mass is 9.99. The highest BCUT2D eigenvalue weighted by atomic mass is 16.5. The van der Waals surface area contributed by atoms with Gasteiger partial charge in [0.1, 0.15) is 11.6 Å². The highest BCUT2D eigenvalue weighted by Crippen LogP contribution is 2.15. The van der Waals surface area contributed by atoms with Crippen molar-refractivity contribution in [3.8, 4) is 6.07 Å². The second kappa shape index (κ2) is 7.97. The SMILES string of the molecule is Cc1[nH]c(=O)c(C#N)c(C)c1CCC(=O)O[C@H](C)C(=O)NC(C)(C)C. The molecule has 1 aromatic rings. The van der Waals surface area contributed by atoms with Crippen LogP contribution in [0.2, 0.25) is 0 Å². The van der Waals surface area contributed by atoms with E-state index in [2.05, 4.69) is 10.3 Å². The number of aromatic nitrogens is 1. The molecule has 2 N–H and O–H groups in total. The molecule has 7 nitrogen and oxygen atoms in total. The third kappa shape index (κ3) is 5.75. The molecule has 0 saturated carbocycles. The molecule has 0 radical (unpaired) electrons. The van der Waals surface area contributed by atoms with Gasteiger partial charge in [-0.05, 0) is 59.1 Å². The number of carbonyl (C=O) groups excluding carboxylic acids is 2. The molecule has 0 unspecified atom stereocenters. The largest absolute Gasteiger partial charge is 0.453 e. The monoisotopic (exact) mass is 347 g/mol. The van der Waals surface area contributed by atoms with Gasteiger partial charge in [-0.3, -0.25) is 14.4 Å². The molecule has 0 spiro atoms. The molecule has 136 valence electrons. The molecular formula is C18H25N3O4. The van der Waals surface area contributed by atoms with Crippen molar-refractivity contribution < 1.29 is 14.3 Å². The van der Waals surface area contributed by atoms with Crippen molar-refractivity contribution in [2.75, 3.05) is 0 Å². The van der Waals surface area contributed by atoms with Gasteiger partial charge in [0.05, 0.1) is 0 Å². The quantitative estimate of drug-likeness (QED) is 0.786. The Kier molecular flexibility index (Phi) is 6.51. The number of rotatable bonds is 5. The number of nitriles is 1. The lowest BCUT2D eigenvalue weighted by Gasteiger charge is -2.23. The predicted octanol–water partition coefficient (Wildman–Crippen LogP) is 1.64. The van der Waals surface area contributed by atoms with Crippen LogP contribution in [0.5, 0.6) is 0 Å².